The minimum atomic E-state index is -3.58. The van der Waals surface area contributed by atoms with Crippen LogP contribution in [-0.2, 0) is 14.6 Å². The largest absolute Gasteiger partial charge is 0.388 e. The van der Waals surface area contributed by atoms with Crippen LogP contribution in [0.2, 0.25) is 0 Å². The molecule has 0 spiro atoms. The number of aliphatic hydroxyl groups excluding tert-OH is 2. The lowest BCUT2D eigenvalue weighted by atomic mass is 10.1. The summed E-state index contributed by atoms with van der Waals surface area (Å²) in [7, 11) is -3.58. The Morgan fingerprint density at radius 3 is 2.25 bits per heavy atom. The summed E-state index contributed by atoms with van der Waals surface area (Å²) in [6.45, 7) is 3.49. The van der Waals surface area contributed by atoms with Crippen LogP contribution in [-0.4, -0.2) is 43.0 Å². The van der Waals surface area contributed by atoms with Gasteiger partial charge < -0.3 is 14.9 Å². The second kappa shape index (κ2) is 5.65. The Labute approximate surface area is 118 Å². The van der Waals surface area contributed by atoms with Gasteiger partial charge in [-0.15, -0.1) is 0 Å². The van der Waals surface area contributed by atoms with Crippen molar-refractivity contribution in [3.63, 3.8) is 0 Å². The molecule has 0 saturated carbocycles. The SMILES string of the molecule is Cc1ccc(S(=O)(=O)C=C[C@H]2O[C@@H](C)C(O)[C@H]2O)cc1. The Kier molecular flexibility index (Phi) is 4.29. The molecule has 1 aromatic rings. The van der Waals surface area contributed by atoms with Crippen molar-refractivity contribution in [2.75, 3.05) is 0 Å². The molecule has 1 fully saturated rings. The van der Waals surface area contributed by atoms with E-state index in [2.05, 4.69) is 0 Å². The van der Waals surface area contributed by atoms with E-state index in [0.29, 0.717) is 0 Å². The first-order chi connectivity index (χ1) is 9.31. The van der Waals surface area contributed by atoms with Gasteiger partial charge in [0.25, 0.3) is 0 Å². The molecule has 1 aromatic carbocycles. The Hall–Kier alpha value is -1.21. The Morgan fingerprint density at radius 2 is 1.75 bits per heavy atom. The molecule has 20 heavy (non-hydrogen) atoms. The van der Waals surface area contributed by atoms with Crippen molar-refractivity contribution in [3.05, 3.63) is 41.3 Å². The number of aliphatic hydroxyl groups is 2. The Bertz CT molecular complexity index is 590. The summed E-state index contributed by atoms with van der Waals surface area (Å²) >= 11 is 0. The van der Waals surface area contributed by atoms with Gasteiger partial charge in [-0.3, -0.25) is 0 Å². The van der Waals surface area contributed by atoms with Crippen molar-refractivity contribution in [2.24, 2.45) is 0 Å². The molecule has 0 bridgehead atoms. The molecule has 5 nitrogen and oxygen atoms in total. The third kappa shape index (κ3) is 3.09. The molecule has 1 saturated heterocycles. The summed E-state index contributed by atoms with van der Waals surface area (Å²) in [5, 5.41) is 20.3. The van der Waals surface area contributed by atoms with Gasteiger partial charge in [0.15, 0.2) is 9.84 Å². The summed E-state index contributed by atoms with van der Waals surface area (Å²) in [5.41, 5.74) is 0.972. The van der Waals surface area contributed by atoms with Gasteiger partial charge >= 0.3 is 0 Å². The van der Waals surface area contributed by atoms with Gasteiger partial charge in [-0.25, -0.2) is 8.42 Å². The lowest BCUT2D eigenvalue weighted by Crippen LogP contribution is -2.30. The second-order valence-corrected chi connectivity index (χ2v) is 6.81. The van der Waals surface area contributed by atoms with E-state index < -0.39 is 34.3 Å². The van der Waals surface area contributed by atoms with E-state index >= 15 is 0 Å². The summed E-state index contributed by atoms with van der Waals surface area (Å²) in [4.78, 5) is 0.181. The number of hydrogen-bond acceptors (Lipinski definition) is 5. The molecule has 0 amide bonds. The number of aryl methyl sites for hydroxylation is 1. The lowest BCUT2D eigenvalue weighted by molar-refractivity contribution is 0.0316. The van der Waals surface area contributed by atoms with Crippen LogP contribution in [0.25, 0.3) is 0 Å². The average Bonchev–Trinajstić information content (AvgIpc) is 2.64. The third-order valence-electron chi connectivity index (χ3n) is 3.34. The third-order valence-corrected chi connectivity index (χ3v) is 4.78. The number of hydrogen-bond donors (Lipinski definition) is 2. The van der Waals surface area contributed by atoms with E-state index in [9.17, 15) is 18.6 Å². The van der Waals surface area contributed by atoms with E-state index in [1.807, 2.05) is 6.92 Å². The van der Waals surface area contributed by atoms with Crippen LogP contribution in [0, 0.1) is 6.92 Å². The maximum atomic E-state index is 12.1. The molecule has 1 unspecified atom stereocenters. The van der Waals surface area contributed by atoms with E-state index in [0.717, 1.165) is 11.0 Å². The molecule has 1 heterocycles. The molecule has 0 aromatic heterocycles. The van der Waals surface area contributed by atoms with Crippen LogP contribution in [0.4, 0.5) is 0 Å². The van der Waals surface area contributed by atoms with Crippen molar-refractivity contribution in [3.8, 4) is 0 Å². The zero-order valence-corrected chi connectivity index (χ0v) is 12.1. The van der Waals surface area contributed by atoms with Crippen molar-refractivity contribution < 1.29 is 23.4 Å². The second-order valence-electron chi connectivity index (χ2n) is 4.97. The zero-order valence-electron chi connectivity index (χ0n) is 11.3. The monoisotopic (exact) mass is 298 g/mol. The molecule has 110 valence electrons. The summed E-state index contributed by atoms with van der Waals surface area (Å²) in [6.07, 6.45) is -2.20. The minimum absolute atomic E-state index is 0.181. The van der Waals surface area contributed by atoms with Crippen LogP contribution in [0.1, 0.15) is 12.5 Å². The van der Waals surface area contributed by atoms with Gasteiger partial charge in [-0.1, -0.05) is 17.7 Å². The molecule has 2 rings (SSSR count). The zero-order chi connectivity index (χ0) is 14.9. The van der Waals surface area contributed by atoms with Gasteiger partial charge in [0.05, 0.1) is 11.0 Å². The smallest absolute Gasteiger partial charge is 0.199 e. The first kappa shape index (κ1) is 15.2. The van der Waals surface area contributed by atoms with Crippen molar-refractivity contribution in [1.29, 1.82) is 0 Å². The standard InChI is InChI=1S/C14H18O5S/c1-9-3-5-11(6-4-9)20(17,18)8-7-12-14(16)13(15)10(2)19-12/h3-8,10,12-16H,1-2H3/t10-,12+,13?,14-/m0/s1. The van der Waals surface area contributed by atoms with Crippen molar-refractivity contribution in [1.82, 2.24) is 0 Å². The fraction of sp³-hybridized carbons (Fsp3) is 0.429. The van der Waals surface area contributed by atoms with Crippen molar-refractivity contribution in [2.45, 2.75) is 43.2 Å². The van der Waals surface area contributed by atoms with Gasteiger partial charge in [0.1, 0.15) is 18.3 Å². The number of ether oxygens (including phenoxy) is 1. The quantitative estimate of drug-likeness (QED) is 0.862. The summed E-state index contributed by atoms with van der Waals surface area (Å²) < 4.78 is 29.5. The maximum Gasteiger partial charge on any atom is 0.199 e. The first-order valence-electron chi connectivity index (χ1n) is 6.33. The highest BCUT2D eigenvalue weighted by Gasteiger charge is 2.38. The summed E-state index contributed by atoms with van der Waals surface area (Å²) in [6, 6.07) is 6.48. The highest BCUT2D eigenvalue weighted by Crippen LogP contribution is 2.23. The maximum absolute atomic E-state index is 12.1. The normalized spacial score (nSPS) is 31.0. The molecule has 4 atom stereocenters. The van der Waals surface area contributed by atoms with Gasteiger partial charge in [0, 0.05) is 5.41 Å². The molecule has 0 aliphatic carbocycles. The first-order valence-corrected chi connectivity index (χ1v) is 7.87. The minimum Gasteiger partial charge on any atom is -0.388 e. The van der Waals surface area contributed by atoms with Crippen LogP contribution >= 0.6 is 0 Å². The van der Waals surface area contributed by atoms with E-state index in [4.69, 9.17) is 4.74 Å². The highest BCUT2D eigenvalue weighted by atomic mass is 32.2. The van der Waals surface area contributed by atoms with Gasteiger partial charge in [-0.2, -0.15) is 0 Å². The van der Waals surface area contributed by atoms with Crippen LogP contribution in [0.5, 0.6) is 0 Å². The van der Waals surface area contributed by atoms with E-state index in [-0.39, 0.29) is 4.90 Å². The fourth-order valence-corrected chi connectivity index (χ4v) is 3.06. The van der Waals surface area contributed by atoms with Gasteiger partial charge in [0.2, 0.25) is 0 Å². The fourth-order valence-electron chi connectivity index (χ4n) is 2.03. The topological polar surface area (TPSA) is 83.8 Å². The molecule has 1 aliphatic rings. The Morgan fingerprint density at radius 1 is 1.15 bits per heavy atom. The number of rotatable bonds is 3. The lowest BCUT2D eigenvalue weighted by Gasteiger charge is -2.10. The number of benzene rings is 1. The van der Waals surface area contributed by atoms with Gasteiger partial charge in [-0.05, 0) is 32.1 Å². The van der Waals surface area contributed by atoms with E-state index in [1.165, 1.54) is 18.2 Å². The van der Waals surface area contributed by atoms with E-state index in [1.54, 1.807) is 19.1 Å². The van der Waals surface area contributed by atoms with Crippen molar-refractivity contribution >= 4 is 9.84 Å². The van der Waals surface area contributed by atoms with Crippen LogP contribution in [0.3, 0.4) is 0 Å². The molecule has 6 heteroatoms. The number of sulfone groups is 1. The van der Waals surface area contributed by atoms with Crippen LogP contribution < -0.4 is 0 Å². The molecule has 2 N–H and O–H groups in total. The average molecular weight is 298 g/mol. The predicted molar refractivity (Wildman–Crippen MR) is 73.9 cm³/mol. The van der Waals surface area contributed by atoms with Crippen LogP contribution in [0.15, 0.2) is 40.6 Å². The molecule has 1 aliphatic heterocycles. The molecule has 0 radical (unpaired) electrons. The predicted octanol–water partition coefficient (Wildman–Crippen LogP) is 0.792. The Balaban J connectivity index is 2.16. The highest BCUT2D eigenvalue weighted by molar-refractivity contribution is 7.94. The molecular weight excluding hydrogens is 280 g/mol. The summed E-state index contributed by atoms with van der Waals surface area (Å²) in [5.74, 6) is 0. The molecular formula is C14H18O5S.